The molecule has 1 aromatic heterocycles. The fraction of sp³-hybridized carbons (Fsp3) is 0.222. The van der Waals surface area contributed by atoms with Gasteiger partial charge in [-0.3, -0.25) is 0 Å². The maximum absolute atomic E-state index is 12.7. The van der Waals surface area contributed by atoms with Gasteiger partial charge in [-0.15, -0.1) is 10.2 Å². The summed E-state index contributed by atoms with van der Waals surface area (Å²) in [7, 11) is -3.72. The maximum atomic E-state index is 12.7. The highest BCUT2D eigenvalue weighted by Gasteiger charge is 2.39. The normalized spacial score (nSPS) is 20.0. The maximum Gasteiger partial charge on any atom is 0.435 e. The van der Waals surface area contributed by atoms with Crippen LogP contribution in [-0.4, -0.2) is 18.6 Å². The molecule has 0 amide bonds. The molecule has 0 radical (unpaired) electrons. The van der Waals surface area contributed by atoms with Crippen LogP contribution in [0.15, 0.2) is 53.4 Å². The van der Waals surface area contributed by atoms with Crippen LogP contribution >= 0.6 is 0 Å². The highest BCUT2D eigenvalue weighted by atomic mass is 32.2. The Balaban J connectivity index is 1.57. The summed E-state index contributed by atoms with van der Waals surface area (Å²) in [6.45, 7) is 0. The lowest BCUT2D eigenvalue weighted by Gasteiger charge is -2.07. The van der Waals surface area contributed by atoms with Crippen LogP contribution in [-0.2, 0) is 16.2 Å². The van der Waals surface area contributed by atoms with E-state index in [-0.39, 0.29) is 16.7 Å². The van der Waals surface area contributed by atoms with Crippen molar-refractivity contribution in [2.75, 3.05) is 0 Å². The molecule has 1 saturated carbocycles. The summed E-state index contributed by atoms with van der Waals surface area (Å²) in [6.07, 6.45) is -3.65. The smallest absolute Gasteiger partial charge is 0.225 e. The van der Waals surface area contributed by atoms with Gasteiger partial charge in [0.25, 0.3) is 0 Å². The minimum absolute atomic E-state index is 0.0601. The van der Waals surface area contributed by atoms with E-state index in [4.69, 9.17) is 5.14 Å². The minimum atomic E-state index is -4.52. The number of aromatic nitrogens is 2. The SMILES string of the molecule is NS(=O)(=O)c1ccc(C2CC2c2ccc3cc(C(F)(F)F)nnc3c2)cc1. The van der Waals surface area contributed by atoms with Crippen LogP contribution in [0.5, 0.6) is 0 Å². The molecule has 2 N–H and O–H groups in total. The van der Waals surface area contributed by atoms with Crippen LogP contribution in [0, 0.1) is 0 Å². The molecule has 27 heavy (non-hydrogen) atoms. The summed E-state index contributed by atoms with van der Waals surface area (Å²) < 4.78 is 60.8. The first kappa shape index (κ1) is 17.9. The second-order valence-corrected chi connectivity index (χ2v) is 8.17. The van der Waals surface area contributed by atoms with Gasteiger partial charge < -0.3 is 0 Å². The highest BCUT2D eigenvalue weighted by molar-refractivity contribution is 7.89. The van der Waals surface area contributed by atoms with Crippen LogP contribution in [0.25, 0.3) is 10.9 Å². The number of hydrogen-bond acceptors (Lipinski definition) is 4. The summed E-state index contributed by atoms with van der Waals surface area (Å²) in [4.78, 5) is 0.0601. The zero-order valence-electron chi connectivity index (χ0n) is 13.8. The Kier molecular flexibility index (Phi) is 3.97. The van der Waals surface area contributed by atoms with Gasteiger partial charge in [0.05, 0.1) is 10.4 Å². The fourth-order valence-electron chi connectivity index (χ4n) is 3.26. The minimum Gasteiger partial charge on any atom is -0.225 e. The first-order chi connectivity index (χ1) is 12.6. The molecule has 0 aliphatic heterocycles. The summed E-state index contributed by atoms with van der Waals surface area (Å²) >= 11 is 0. The lowest BCUT2D eigenvalue weighted by Crippen LogP contribution is -2.11. The Bertz CT molecular complexity index is 1130. The first-order valence-electron chi connectivity index (χ1n) is 8.10. The molecule has 2 atom stereocenters. The topological polar surface area (TPSA) is 85.9 Å². The number of nitrogens with zero attached hydrogens (tertiary/aromatic N) is 2. The van der Waals surface area contributed by atoms with Gasteiger partial charge in [-0.2, -0.15) is 13.2 Å². The number of primary sulfonamides is 1. The van der Waals surface area contributed by atoms with Crippen molar-refractivity contribution in [1.82, 2.24) is 10.2 Å². The van der Waals surface area contributed by atoms with Crippen molar-refractivity contribution in [2.24, 2.45) is 5.14 Å². The van der Waals surface area contributed by atoms with Crippen molar-refractivity contribution in [3.8, 4) is 0 Å². The third-order valence-corrected chi connectivity index (χ3v) is 5.69. The van der Waals surface area contributed by atoms with Crippen molar-refractivity contribution in [2.45, 2.75) is 29.3 Å². The van der Waals surface area contributed by atoms with E-state index in [0.717, 1.165) is 23.6 Å². The average molecular weight is 393 g/mol. The molecule has 5 nitrogen and oxygen atoms in total. The van der Waals surface area contributed by atoms with Gasteiger partial charge in [-0.25, -0.2) is 13.6 Å². The lowest BCUT2D eigenvalue weighted by molar-refractivity contribution is -0.141. The van der Waals surface area contributed by atoms with E-state index in [2.05, 4.69) is 10.2 Å². The number of rotatable bonds is 3. The van der Waals surface area contributed by atoms with E-state index < -0.39 is 21.9 Å². The van der Waals surface area contributed by atoms with E-state index in [9.17, 15) is 21.6 Å². The number of fused-ring (bicyclic) bond motifs is 1. The van der Waals surface area contributed by atoms with Crippen LogP contribution in [0.4, 0.5) is 13.2 Å². The van der Waals surface area contributed by atoms with Crippen molar-refractivity contribution < 1.29 is 21.6 Å². The Morgan fingerprint density at radius 2 is 1.56 bits per heavy atom. The number of hydrogen-bond donors (Lipinski definition) is 1. The molecule has 9 heteroatoms. The number of halogens is 3. The zero-order chi connectivity index (χ0) is 19.4. The van der Waals surface area contributed by atoms with Crippen molar-refractivity contribution >= 4 is 20.9 Å². The van der Waals surface area contributed by atoms with Gasteiger partial charge in [0, 0.05) is 5.39 Å². The first-order valence-corrected chi connectivity index (χ1v) is 9.65. The molecule has 140 valence electrons. The predicted molar refractivity (Wildman–Crippen MR) is 92.5 cm³/mol. The molecule has 2 aromatic carbocycles. The van der Waals surface area contributed by atoms with Gasteiger partial charge >= 0.3 is 6.18 Å². The second kappa shape index (κ2) is 6.00. The Morgan fingerprint density at radius 1 is 0.926 bits per heavy atom. The number of nitrogens with two attached hydrogens (primary N) is 1. The van der Waals surface area contributed by atoms with Gasteiger partial charge in [0.15, 0.2) is 5.69 Å². The second-order valence-electron chi connectivity index (χ2n) is 6.61. The molecule has 0 bridgehead atoms. The van der Waals surface area contributed by atoms with E-state index in [1.165, 1.54) is 12.1 Å². The molecular formula is C18H14F3N3O2S. The molecule has 1 aliphatic carbocycles. The molecule has 1 fully saturated rings. The number of benzene rings is 2. The van der Waals surface area contributed by atoms with Gasteiger partial charge in [-0.1, -0.05) is 24.3 Å². The molecular weight excluding hydrogens is 379 g/mol. The third kappa shape index (κ3) is 3.52. The lowest BCUT2D eigenvalue weighted by atomic mass is 10.0. The van der Waals surface area contributed by atoms with E-state index in [1.54, 1.807) is 30.3 Å². The zero-order valence-corrected chi connectivity index (χ0v) is 14.6. The summed E-state index contributed by atoms with van der Waals surface area (Å²) in [5.74, 6) is 0.429. The summed E-state index contributed by atoms with van der Waals surface area (Å²) in [6, 6.07) is 12.6. The third-order valence-electron chi connectivity index (χ3n) is 4.76. The monoisotopic (exact) mass is 393 g/mol. The quantitative estimate of drug-likeness (QED) is 0.737. The van der Waals surface area contributed by atoms with Gasteiger partial charge in [-0.05, 0) is 53.6 Å². The van der Waals surface area contributed by atoms with Crippen LogP contribution < -0.4 is 5.14 Å². The molecule has 2 unspecified atom stereocenters. The molecule has 1 aliphatic rings. The summed E-state index contributed by atoms with van der Waals surface area (Å²) in [5.41, 5.74) is 1.36. The van der Waals surface area contributed by atoms with Crippen LogP contribution in [0.1, 0.15) is 35.1 Å². The molecule has 4 rings (SSSR count). The Morgan fingerprint density at radius 3 is 2.19 bits per heavy atom. The number of sulfonamides is 1. The van der Waals surface area contributed by atoms with Crippen molar-refractivity contribution in [3.05, 3.63) is 65.4 Å². The number of alkyl halides is 3. The van der Waals surface area contributed by atoms with E-state index >= 15 is 0 Å². The van der Waals surface area contributed by atoms with Crippen LogP contribution in [0.2, 0.25) is 0 Å². The largest absolute Gasteiger partial charge is 0.435 e. The van der Waals surface area contributed by atoms with Gasteiger partial charge in [0.2, 0.25) is 10.0 Å². The molecule has 1 heterocycles. The Hall–Kier alpha value is -2.52. The van der Waals surface area contributed by atoms with Crippen molar-refractivity contribution in [3.63, 3.8) is 0 Å². The van der Waals surface area contributed by atoms with Crippen LogP contribution in [0.3, 0.4) is 0 Å². The standard InChI is InChI=1S/C18H14F3N3O2S/c19-18(20,21)17-8-12-2-1-11(7-16(12)23-24-17)15-9-14(15)10-3-5-13(6-4-10)27(22,25)26/h1-8,14-15H,9H2,(H2,22,25,26). The molecule has 0 saturated heterocycles. The van der Waals surface area contributed by atoms with Gasteiger partial charge in [0.1, 0.15) is 0 Å². The molecule has 3 aromatic rings. The average Bonchev–Trinajstić information content (AvgIpc) is 3.40. The Labute approximate surface area is 153 Å². The van der Waals surface area contributed by atoms with Crippen molar-refractivity contribution in [1.29, 1.82) is 0 Å². The van der Waals surface area contributed by atoms with E-state index in [1.807, 2.05) is 0 Å². The fourth-order valence-corrected chi connectivity index (χ4v) is 3.77. The highest BCUT2D eigenvalue weighted by Crippen LogP contribution is 2.54. The predicted octanol–water partition coefficient (Wildman–Crippen LogP) is 3.57. The summed E-state index contributed by atoms with van der Waals surface area (Å²) in [5, 5.41) is 12.5. The molecule has 0 spiro atoms. The van der Waals surface area contributed by atoms with E-state index in [0.29, 0.717) is 10.9 Å².